The lowest BCUT2D eigenvalue weighted by Crippen LogP contribution is -2.32. The highest BCUT2D eigenvalue weighted by molar-refractivity contribution is 6.32. The summed E-state index contributed by atoms with van der Waals surface area (Å²) in [7, 11) is 0. The molecule has 2 aliphatic heterocycles. The van der Waals surface area contributed by atoms with E-state index in [1.54, 1.807) is 5.01 Å². The largest absolute Gasteiger partial charge is 0.375 e. The van der Waals surface area contributed by atoms with E-state index in [-0.39, 0.29) is 6.73 Å². The SMILES string of the molecule is OCN1CN2C(=N1)CN=C(c1ccccc1)c1cc(Cl)ccc12. The van der Waals surface area contributed by atoms with Crippen LogP contribution in [0.2, 0.25) is 5.02 Å². The van der Waals surface area contributed by atoms with Crippen LogP contribution in [-0.2, 0) is 0 Å². The van der Waals surface area contributed by atoms with Crippen LogP contribution in [0.1, 0.15) is 11.1 Å². The number of hydrogen-bond donors (Lipinski definition) is 1. The molecule has 2 heterocycles. The molecule has 0 atom stereocenters. The Hall–Kier alpha value is -2.37. The van der Waals surface area contributed by atoms with Crippen molar-refractivity contribution in [1.82, 2.24) is 5.01 Å². The lowest BCUT2D eigenvalue weighted by molar-refractivity contribution is 0.122. The maximum atomic E-state index is 9.34. The second-order valence-electron chi connectivity index (χ2n) is 5.43. The molecule has 0 bridgehead atoms. The summed E-state index contributed by atoms with van der Waals surface area (Å²) in [5, 5.41) is 16.0. The van der Waals surface area contributed by atoms with E-state index in [2.05, 4.69) is 10.0 Å². The fourth-order valence-corrected chi connectivity index (χ4v) is 3.09. The molecule has 0 saturated carbocycles. The number of amidine groups is 1. The first-order valence-electron chi connectivity index (χ1n) is 7.37. The summed E-state index contributed by atoms with van der Waals surface area (Å²) < 4.78 is 0. The van der Waals surface area contributed by atoms with Gasteiger partial charge in [0.25, 0.3) is 0 Å². The molecule has 2 aliphatic rings. The fourth-order valence-electron chi connectivity index (χ4n) is 2.91. The van der Waals surface area contributed by atoms with Gasteiger partial charge in [0, 0.05) is 16.1 Å². The first-order chi connectivity index (χ1) is 11.3. The number of rotatable bonds is 2. The number of benzene rings is 2. The normalized spacial score (nSPS) is 16.4. The van der Waals surface area contributed by atoms with Crippen LogP contribution in [0.25, 0.3) is 0 Å². The monoisotopic (exact) mass is 326 g/mol. The quantitative estimate of drug-likeness (QED) is 0.922. The molecule has 5 nitrogen and oxygen atoms in total. The van der Waals surface area contributed by atoms with Crippen molar-refractivity contribution in [3.8, 4) is 0 Å². The van der Waals surface area contributed by atoms with Gasteiger partial charge in [0.15, 0.2) is 5.84 Å². The van der Waals surface area contributed by atoms with Crippen molar-refractivity contribution in [1.29, 1.82) is 0 Å². The smallest absolute Gasteiger partial charge is 0.152 e. The molecule has 0 fully saturated rings. The van der Waals surface area contributed by atoms with Crippen LogP contribution in [0.15, 0.2) is 58.6 Å². The van der Waals surface area contributed by atoms with Crippen LogP contribution in [0.3, 0.4) is 0 Å². The van der Waals surface area contributed by atoms with Crippen molar-refractivity contribution < 1.29 is 5.11 Å². The van der Waals surface area contributed by atoms with Crippen molar-refractivity contribution >= 4 is 28.8 Å². The van der Waals surface area contributed by atoms with E-state index in [0.29, 0.717) is 18.2 Å². The molecule has 0 radical (unpaired) electrons. The van der Waals surface area contributed by atoms with Crippen LogP contribution in [0.4, 0.5) is 5.69 Å². The molecule has 1 N–H and O–H groups in total. The summed E-state index contributed by atoms with van der Waals surface area (Å²) in [6.07, 6.45) is 0. The van der Waals surface area contributed by atoms with Crippen molar-refractivity contribution in [2.45, 2.75) is 0 Å². The molecule has 2 aromatic carbocycles. The number of hydrogen-bond acceptors (Lipinski definition) is 5. The molecule has 4 rings (SSSR count). The summed E-state index contributed by atoms with van der Waals surface area (Å²) in [6, 6.07) is 15.9. The minimum absolute atomic E-state index is 0.113. The van der Waals surface area contributed by atoms with Gasteiger partial charge >= 0.3 is 0 Å². The zero-order chi connectivity index (χ0) is 15.8. The van der Waals surface area contributed by atoms with E-state index in [9.17, 15) is 5.11 Å². The van der Waals surface area contributed by atoms with Gasteiger partial charge in [-0.3, -0.25) is 10.0 Å². The second-order valence-corrected chi connectivity index (χ2v) is 5.86. The molecule has 0 aliphatic carbocycles. The van der Waals surface area contributed by atoms with E-state index in [1.165, 1.54) is 0 Å². The average Bonchev–Trinajstić information content (AvgIpc) is 2.93. The number of hydrazone groups is 1. The third-order valence-electron chi connectivity index (χ3n) is 3.97. The summed E-state index contributed by atoms with van der Waals surface area (Å²) in [5.74, 6) is 0.827. The zero-order valence-corrected chi connectivity index (χ0v) is 13.1. The second kappa shape index (κ2) is 5.68. The summed E-state index contributed by atoms with van der Waals surface area (Å²) in [5.41, 5.74) is 3.95. The molecule has 0 spiro atoms. The van der Waals surface area contributed by atoms with Crippen molar-refractivity contribution in [2.24, 2.45) is 10.1 Å². The van der Waals surface area contributed by atoms with Gasteiger partial charge in [0.1, 0.15) is 13.4 Å². The summed E-state index contributed by atoms with van der Waals surface area (Å²) in [4.78, 5) is 6.84. The van der Waals surface area contributed by atoms with Gasteiger partial charge < -0.3 is 10.0 Å². The van der Waals surface area contributed by atoms with Crippen LogP contribution < -0.4 is 4.90 Å². The average molecular weight is 327 g/mol. The Labute approximate surface area is 139 Å². The maximum absolute atomic E-state index is 9.34. The summed E-state index contributed by atoms with van der Waals surface area (Å²) >= 11 is 6.23. The van der Waals surface area contributed by atoms with E-state index < -0.39 is 0 Å². The fraction of sp³-hybridized carbons (Fsp3) is 0.176. The number of fused-ring (bicyclic) bond motifs is 3. The van der Waals surface area contributed by atoms with E-state index in [0.717, 1.165) is 28.4 Å². The molecule has 116 valence electrons. The first kappa shape index (κ1) is 14.2. The molecule has 0 saturated heterocycles. The van der Waals surface area contributed by atoms with Crippen LogP contribution in [0, 0.1) is 0 Å². The standard InChI is InChI=1S/C17H15ClN4O/c18-13-6-7-15-14(8-13)17(12-4-2-1-3-5-12)19-9-16-20-21(11-23)10-22(15)16/h1-8,23H,9-11H2. The van der Waals surface area contributed by atoms with Crippen molar-refractivity contribution in [3.05, 3.63) is 64.7 Å². The van der Waals surface area contributed by atoms with Gasteiger partial charge in [-0.2, -0.15) is 5.10 Å². The van der Waals surface area contributed by atoms with Gasteiger partial charge in [0.05, 0.1) is 17.9 Å². The third-order valence-corrected chi connectivity index (χ3v) is 4.20. The van der Waals surface area contributed by atoms with Crippen molar-refractivity contribution in [3.63, 3.8) is 0 Å². The Morgan fingerprint density at radius 1 is 1.13 bits per heavy atom. The number of aliphatic hydroxyl groups excluding tert-OH is 1. The van der Waals surface area contributed by atoms with Crippen LogP contribution in [-0.4, -0.2) is 41.6 Å². The Morgan fingerprint density at radius 2 is 1.96 bits per heavy atom. The molecule has 2 aromatic rings. The zero-order valence-electron chi connectivity index (χ0n) is 12.4. The predicted octanol–water partition coefficient (Wildman–Crippen LogP) is 2.53. The molecule has 0 unspecified atom stereocenters. The maximum Gasteiger partial charge on any atom is 0.152 e. The first-order valence-corrected chi connectivity index (χ1v) is 7.74. The number of aliphatic imine (C=N–C) groups is 1. The Morgan fingerprint density at radius 3 is 2.74 bits per heavy atom. The molecular formula is C17H15ClN4O. The highest BCUT2D eigenvalue weighted by Gasteiger charge is 2.29. The third kappa shape index (κ3) is 2.48. The summed E-state index contributed by atoms with van der Waals surface area (Å²) in [6.45, 7) is 0.864. The number of halogens is 1. The van der Waals surface area contributed by atoms with Crippen LogP contribution >= 0.6 is 11.6 Å². The van der Waals surface area contributed by atoms with E-state index >= 15 is 0 Å². The van der Waals surface area contributed by atoms with Gasteiger partial charge in [-0.25, -0.2) is 0 Å². The molecule has 0 aromatic heterocycles. The Kier molecular flexibility index (Phi) is 3.52. The van der Waals surface area contributed by atoms with E-state index in [1.807, 2.05) is 48.5 Å². The van der Waals surface area contributed by atoms with Gasteiger partial charge in [-0.15, -0.1) is 0 Å². The van der Waals surface area contributed by atoms with E-state index in [4.69, 9.17) is 16.6 Å². The molecular weight excluding hydrogens is 312 g/mol. The Balaban J connectivity index is 1.88. The van der Waals surface area contributed by atoms with Crippen molar-refractivity contribution in [2.75, 3.05) is 24.8 Å². The lowest BCUT2D eigenvalue weighted by Gasteiger charge is -2.21. The minimum atomic E-state index is -0.113. The molecule has 23 heavy (non-hydrogen) atoms. The number of aliphatic hydroxyl groups is 1. The predicted molar refractivity (Wildman–Crippen MR) is 92.1 cm³/mol. The Bertz CT molecular complexity index is 803. The highest BCUT2D eigenvalue weighted by atomic mass is 35.5. The van der Waals surface area contributed by atoms with Gasteiger partial charge in [-0.1, -0.05) is 41.9 Å². The minimum Gasteiger partial charge on any atom is -0.375 e. The van der Waals surface area contributed by atoms with Gasteiger partial charge in [0.2, 0.25) is 0 Å². The molecule has 6 heteroatoms. The topological polar surface area (TPSA) is 51.4 Å². The highest BCUT2D eigenvalue weighted by Crippen LogP contribution is 2.31. The number of anilines is 1. The van der Waals surface area contributed by atoms with Crippen LogP contribution in [0.5, 0.6) is 0 Å². The number of nitrogens with zero attached hydrogens (tertiary/aromatic N) is 4. The lowest BCUT2D eigenvalue weighted by atomic mass is 10.0. The van der Waals surface area contributed by atoms with Gasteiger partial charge in [-0.05, 0) is 18.2 Å². The molecule has 0 amide bonds.